The van der Waals surface area contributed by atoms with E-state index in [4.69, 9.17) is 0 Å². The zero-order chi connectivity index (χ0) is 10.1. The summed E-state index contributed by atoms with van der Waals surface area (Å²) in [5.41, 5.74) is 1.93. The summed E-state index contributed by atoms with van der Waals surface area (Å²) in [7, 11) is 0. The molecule has 76 valence electrons. The fraction of sp³-hybridized carbons (Fsp3) is 0.333. The Kier molecular flexibility index (Phi) is 1.92. The molecule has 3 rings (SSSR count). The normalized spacial score (nSPS) is 16.3. The molecule has 3 heterocycles. The first-order chi connectivity index (χ1) is 7.45. The van der Waals surface area contributed by atoms with Crippen molar-refractivity contribution < 1.29 is 0 Å². The Bertz CT molecular complexity index is 447. The zero-order valence-electron chi connectivity index (χ0n) is 8.04. The Labute approximate surface area is 86.4 Å². The molecule has 0 aliphatic carbocycles. The third-order valence-corrected chi connectivity index (χ3v) is 2.54. The Morgan fingerprint density at radius 3 is 2.67 bits per heavy atom. The van der Waals surface area contributed by atoms with Crippen LogP contribution in [-0.2, 0) is 0 Å². The van der Waals surface area contributed by atoms with E-state index in [2.05, 4.69) is 25.6 Å². The van der Waals surface area contributed by atoms with Gasteiger partial charge in [-0.1, -0.05) is 5.21 Å². The fourth-order valence-electron chi connectivity index (χ4n) is 1.60. The van der Waals surface area contributed by atoms with E-state index in [1.165, 1.54) is 6.33 Å². The van der Waals surface area contributed by atoms with Crippen LogP contribution in [0.15, 0.2) is 24.9 Å². The molecule has 2 aromatic heterocycles. The smallest absolute Gasteiger partial charge is 0.115 e. The quantitative estimate of drug-likeness (QED) is 0.735. The van der Waals surface area contributed by atoms with Gasteiger partial charge in [-0.05, 0) is 0 Å². The minimum atomic E-state index is 0.405. The van der Waals surface area contributed by atoms with Crippen LogP contribution in [0.2, 0.25) is 0 Å². The Morgan fingerprint density at radius 2 is 2.00 bits per heavy atom. The predicted octanol–water partition coefficient (Wildman–Crippen LogP) is -0.121. The lowest BCUT2D eigenvalue weighted by molar-refractivity contribution is 0.315. The van der Waals surface area contributed by atoms with Gasteiger partial charge in [0.2, 0.25) is 0 Å². The molecule has 0 unspecified atom stereocenters. The van der Waals surface area contributed by atoms with Crippen molar-refractivity contribution in [3.8, 4) is 11.3 Å². The van der Waals surface area contributed by atoms with Gasteiger partial charge in [-0.15, -0.1) is 5.10 Å². The second-order valence-electron chi connectivity index (χ2n) is 3.50. The maximum absolute atomic E-state index is 4.09. The highest BCUT2D eigenvalue weighted by molar-refractivity contribution is 5.55. The van der Waals surface area contributed by atoms with Gasteiger partial charge in [0, 0.05) is 31.0 Å². The van der Waals surface area contributed by atoms with E-state index >= 15 is 0 Å². The third-order valence-electron chi connectivity index (χ3n) is 2.54. The molecule has 1 aliphatic heterocycles. The number of nitrogens with one attached hydrogen (secondary N) is 1. The molecule has 1 fully saturated rings. The van der Waals surface area contributed by atoms with Gasteiger partial charge < -0.3 is 5.32 Å². The molecule has 0 atom stereocenters. The first kappa shape index (κ1) is 8.49. The Morgan fingerprint density at radius 1 is 1.20 bits per heavy atom. The van der Waals surface area contributed by atoms with E-state index in [9.17, 15) is 0 Å². The highest BCUT2D eigenvalue weighted by Crippen LogP contribution is 2.21. The van der Waals surface area contributed by atoms with Crippen molar-refractivity contribution in [2.75, 3.05) is 13.1 Å². The maximum Gasteiger partial charge on any atom is 0.115 e. The lowest BCUT2D eigenvalue weighted by Crippen LogP contribution is -2.44. The van der Waals surface area contributed by atoms with Gasteiger partial charge in [-0.2, -0.15) is 0 Å². The molecule has 1 N–H and O–H groups in total. The summed E-state index contributed by atoms with van der Waals surface area (Å²) >= 11 is 0. The number of rotatable bonds is 2. The molecule has 6 heteroatoms. The fourth-order valence-corrected chi connectivity index (χ4v) is 1.60. The topological polar surface area (TPSA) is 68.5 Å². The monoisotopic (exact) mass is 202 g/mol. The van der Waals surface area contributed by atoms with Crippen molar-refractivity contribution in [1.82, 2.24) is 30.3 Å². The Hall–Kier alpha value is -1.82. The van der Waals surface area contributed by atoms with E-state index in [-0.39, 0.29) is 0 Å². The van der Waals surface area contributed by atoms with E-state index in [0.29, 0.717) is 6.04 Å². The largest absolute Gasteiger partial charge is 0.312 e. The van der Waals surface area contributed by atoms with Crippen molar-refractivity contribution in [2.24, 2.45) is 0 Å². The number of hydrogen-bond acceptors (Lipinski definition) is 5. The summed E-state index contributed by atoms with van der Waals surface area (Å²) in [6.45, 7) is 1.90. The molecule has 15 heavy (non-hydrogen) atoms. The molecular weight excluding hydrogens is 192 g/mol. The van der Waals surface area contributed by atoms with E-state index < -0.39 is 0 Å². The SMILES string of the molecule is c1ncc(-c2cnnn2C2CNC2)cn1. The van der Waals surface area contributed by atoms with Gasteiger partial charge in [0.05, 0.1) is 17.9 Å². The summed E-state index contributed by atoms with van der Waals surface area (Å²) in [5.74, 6) is 0. The molecule has 6 nitrogen and oxygen atoms in total. The van der Waals surface area contributed by atoms with Crippen molar-refractivity contribution in [1.29, 1.82) is 0 Å². The van der Waals surface area contributed by atoms with E-state index in [1.807, 2.05) is 4.68 Å². The number of aromatic nitrogens is 5. The van der Waals surface area contributed by atoms with Gasteiger partial charge in [-0.3, -0.25) is 0 Å². The highest BCUT2D eigenvalue weighted by atomic mass is 15.5. The lowest BCUT2D eigenvalue weighted by atomic mass is 10.1. The number of nitrogens with zero attached hydrogens (tertiary/aromatic N) is 5. The first-order valence-electron chi connectivity index (χ1n) is 4.81. The zero-order valence-corrected chi connectivity index (χ0v) is 8.04. The lowest BCUT2D eigenvalue weighted by Gasteiger charge is -2.28. The second-order valence-corrected chi connectivity index (χ2v) is 3.50. The Balaban J connectivity index is 2.01. The van der Waals surface area contributed by atoms with E-state index in [1.54, 1.807) is 18.6 Å². The summed E-state index contributed by atoms with van der Waals surface area (Å²) in [5, 5.41) is 11.2. The van der Waals surface area contributed by atoms with Crippen LogP contribution in [0, 0.1) is 0 Å². The average Bonchev–Trinajstić information content (AvgIpc) is 2.65. The van der Waals surface area contributed by atoms with Gasteiger partial charge in [0.15, 0.2) is 0 Å². The van der Waals surface area contributed by atoms with Crippen molar-refractivity contribution >= 4 is 0 Å². The van der Waals surface area contributed by atoms with Crippen LogP contribution >= 0.6 is 0 Å². The summed E-state index contributed by atoms with van der Waals surface area (Å²) < 4.78 is 1.93. The summed E-state index contributed by atoms with van der Waals surface area (Å²) in [6, 6.07) is 0.405. The molecule has 0 bridgehead atoms. The molecule has 0 aromatic carbocycles. The van der Waals surface area contributed by atoms with Gasteiger partial charge in [0.25, 0.3) is 0 Å². The van der Waals surface area contributed by atoms with Crippen LogP contribution in [-0.4, -0.2) is 38.1 Å². The van der Waals surface area contributed by atoms with Gasteiger partial charge in [-0.25, -0.2) is 14.6 Å². The molecule has 1 aliphatic rings. The van der Waals surface area contributed by atoms with Crippen LogP contribution in [0.3, 0.4) is 0 Å². The number of hydrogen-bond donors (Lipinski definition) is 1. The summed E-state index contributed by atoms with van der Waals surface area (Å²) in [6.07, 6.45) is 6.81. The van der Waals surface area contributed by atoms with Crippen molar-refractivity contribution in [2.45, 2.75) is 6.04 Å². The molecule has 0 amide bonds. The maximum atomic E-state index is 4.09. The average molecular weight is 202 g/mol. The molecule has 1 saturated heterocycles. The van der Waals surface area contributed by atoms with E-state index in [0.717, 1.165) is 24.3 Å². The molecular formula is C9H10N6. The van der Waals surface area contributed by atoms with Crippen LogP contribution in [0.5, 0.6) is 0 Å². The van der Waals surface area contributed by atoms with Crippen LogP contribution < -0.4 is 5.32 Å². The van der Waals surface area contributed by atoms with Crippen molar-refractivity contribution in [3.63, 3.8) is 0 Å². The molecule has 0 spiro atoms. The van der Waals surface area contributed by atoms with Crippen LogP contribution in [0.4, 0.5) is 0 Å². The molecule has 0 saturated carbocycles. The predicted molar refractivity (Wildman–Crippen MR) is 53.0 cm³/mol. The second kappa shape index (κ2) is 3.39. The highest BCUT2D eigenvalue weighted by Gasteiger charge is 2.22. The van der Waals surface area contributed by atoms with Crippen molar-refractivity contribution in [3.05, 3.63) is 24.9 Å². The van der Waals surface area contributed by atoms with Gasteiger partial charge in [0.1, 0.15) is 6.33 Å². The standard InChI is InChI=1S/C9H10N6/c1-7(2-12-6-11-1)9-5-13-14-15(9)8-3-10-4-8/h1-2,5-6,8,10H,3-4H2. The first-order valence-corrected chi connectivity index (χ1v) is 4.81. The summed E-state index contributed by atoms with van der Waals surface area (Å²) in [4.78, 5) is 7.98. The minimum Gasteiger partial charge on any atom is -0.312 e. The van der Waals surface area contributed by atoms with Gasteiger partial charge >= 0.3 is 0 Å². The molecule has 0 radical (unpaired) electrons. The third kappa shape index (κ3) is 1.39. The van der Waals surface area contributed by atoms with Crippen LogP contribution in [0.1, 0.15) is 6.04 Å². The van der Waals surface area contributed by atoms with Crippen LogP contribution in [0.25, 0.3) is 11.3 Å². The minimum absolute atomic E-state index is 0.405. The molecule has 2 aromatic rings.